The standard InChI is InChI=1S/C12H15F3N2O3/c1-2-8(6-18)17-11(19)7-3-4-10(9(16)5-7)20-12(13,14)15/h3-5,8,18H,2,6,16H2,1H3,(H,17,19)/t8-/m0/s1. The molecule has 0 radical (unpaired) electrons. The summed E-state index contributed by atoms with van der Waals surface area (Å²) in [6, 6.07) is 2.80. The van der Waals surface area contributed by atoms with Crippen LogP contribution >= 0.6 is 0 Å². The van der Waals surface area contributed by atoms with Gasteiger partial charge in [-0.2, -0.15) is 0 Å². The van der Waals surface area contributed by atoms with E-state index in [4.69, 9.17) is 10.8 Å². The van der Waals surface area contributed by atoms with Crippen molar-refractivity contribution in [2.75, 3.05) is 12.3 Å². The number of hydrogen-bond acceptors (Lipinski definition) is 4. The van der Waals surface area contributed by atoms with Crippen LogP contribution in [0.3, 0.4) is 0 Å². The number of anilines is 1. The topological polar surface area (TPSA) is 84.6 Å². The van der Waals surface area contributed by atoms with Gasteiger partial charge in [0.05, 0.1) is 18.3 Å². The number of ether oxygens (including phenoxy) is 1. The number of carbonyl (C=O) groups is 1. The van der Waals surface area contributed by atoms with Gasteiger partial charge in [0.25, 0.3) is 5.91 Å². The molecule has 0 aromatic heterocycles. The number of benzene rings is 1. The first kappa shape index (κ1) is 16.1. The van der Waals surface area contributed by atoms with Crippen molar-refractivity contribution in [2.45, 2.75) is 25.7 Å². The van der Waals surface area contributed by atoms with Gasteiger partial charge in [-0.25, -0.2) is 0 Å². The van der Waals surface area contributed by atoms with Gasteiger partial charge in [-0.1, -0.05) is 6.92 Å². The van der Waals surface area contributed by atoms with Crippen molar-refractivity contribution >= 4 is 11.6 Å². The zero-order valence-corrected chi connectivity index (χ0v) is 10.7. The highest BCUT2D eigenvalue weighted by molar-refractivity contribution is 5.95. The molecule has 1 aromatic carbocycles. The minimum atomic E-state index is -4.85. The van der Waals surface area contributed by atoms with Crippen LogP contribution < -0.4 is 15.8 Å². The van der Waals surface area contributed by atoms with E-state index in [0.29, 0.717) is 6.42 Å². The van der Waals surface area contributed by atoms with Crippen molar-refractivity contribution in [3.63, 3.8) is 0 Å². The quantitative estimate of drug-likeness (QED) is 0.721. The van der Waals surface area contributed by atoms with Gasteiger partial charge >= 0.3 is 6.36 Å². The number of nitrogen functional groups attached to an aromatic ring is 1. The minimum absolute atomic E-state index is 0.0870. The van der Waals surface area contributed by atoms with E-state index in [1.54, 1.807) is 6.92 Å². The fourth-order valence-electron chi connectivity index (χ4n) is 1.45. The van der Waals surface area contributed by atoms with Gasteiger partial charge in [0.2, 0.25) is 0 Å². The van der Waals surface area contributed by atoms with Crippen molar-refractivity contribution < 1.29 is 27.8 Å². The van der Waals surface area contributed by atoms with Crippen molar-refractivity contribution in [1.82, 2.24) is 5.32 Å². The summed E-state index contributed by atoms with van der Waals surface area (Å²) in [4.78, 5) is 11.8. The second-order valence-electron chi connectivity index (χ2n) is 4.06. The summed E-state index contributed by atoms with van der Waals surface area (Å²) in [7, 11) is 0. The third kappa shape index (κ3) is 4.61. The van der Waals surface area contributed by atoms with Gasteiger partial charge in [-0.05, 0) is 24.6 Å². The highest BCUT2D eigenvalue weighted by atomic mass is 19.4. The molecular weight excluding hydrogens is 277 g/mol. The molecule has 0 saturated carbocycles. The van der Waals surface area contributed by atoms with Crippen LogP contribution in [0.5, 0.6) is 5.75 Å². The van der Waals surface area contributed by atoms with Crippen LogP contribution in [0.2, 0.25) is 0 Å². The molecule has 4 N–H and O–H groups in total. The molecular formula is C12H15F3N2O3. The number of carbonyl (C=O) groups excluding carboxylic acids is 1. The Kier molecular flexibility index (Phi) is 5.20. The van der Waals surface area contributed by atoms with E-state index in [1.807, 2.05) is 0 Å². The molecule has 0 bridgehead atoms. The Labute approximate surface area is 113 Å². The van der Waals surface area contributed by atoms with E-state index in [2.05, 4.69) is 10.1 Å². The van der Waals surface area contributed by atoms with Crippen molar-refractivity contribution in [3.8, 4) is 5.75 Å². The molecule has 8 heteroatoms. The number of aliphatic hydroxyl groups excluding tert-OH is 1. The van der Waals surface area contributed by atoms with Crippen LogP contribution in [-0.4, -0.2) is 30.0 Å². The van der Waals surface area contributed by atoms with Gasteiger partial charge in [0, 0.05) is 5.56 Å². The number of nitrogens with one attached hydrogen (secondary N) is 1. The average molecular weight is 292 g/mol. The molecule has 0 spiro atoms. The lowest BCUT2D eigenvalue weighted by molar-refractivity contribution is -0.274. The lowest BCUT2D eigenvalue weighted by Crippen LogP contribution is -2.36. The average Bonchev–Trinajstić information content (AvgIpc) is 2.36. The first-order valence-corrected chi connectivity index (χ1v) is 5.83. The smallest absolute Gasteiger partial charge is 0.404 e. The number of hydrogen-bond donors (Lipinski definition) is 3. The van der Waals surface area contributed by atoms with Crippen LogP contribution in [0.15, 0.2) is 18.2 Å². The molecule has 0 heterocycles. The second kappa shape index (κ2) is 6.47. The highest BCUT2D eigenvalue weighted by Crippen LogP contribution is 2.28. The molecule has 5 nitrogen and oxygen atoms in total. The maximum absolute atomic E-state index is 12.1. The lowest BCUT2D eigenvalue weighted by atomic mass is 10.1. The fourth-order valence-corrected chi connectivity index (χ4v) is 1.45. The molecule has 0 unspecified atom stereocenters. The molecule has 1 atom stereocenters. The number of aliphatic hydroxyl groups is 1. The van der Waals surface area contributed by atoms with Gasteiger partial charge in [-0.15, -0.1) is 13.2 Å². The molecule has 0 fully saturated rings. The Morgan fingerprint density at radius 2 is 2.15 bits per heavy atom. The maximum atomic E-state index is 12.1. The summed E-state index contributed by atoms with van der Waals surface area (Å²) >= 11 is 0. The monoisotopic (exact) mass is 292 g/mol. The Morgan fingerprint density at radius 1 is 1.50 bits per heavy atom. The molecule has 0 saturated heterocycles. The van der Waals surface area contributed by atoms with E-state index in [1.165, 1.54) is 0 Å². The Balaban J connectivity index is 2.84. The lowest BCUT2D eigenvalue weighted by Gasteiger charge is -2.15. The largest absolute Gasteiger partial charge is 0.573 e. The summed E-state index contributed by atoms with van der Waals surface area (Å²) in [5.41, 5.74) is 5.20. The highest BCUT2D eigenvalue weighted by Gasteiger charge is 2.32. The van der Waals surface area contributed by atoms with E-state index >= 15 is 0 Å². The van der Waals surface area contributed by atoms with Gasteiger partial charge < -0.3 is 20.9 Å². The van der Waals surface area contributed by atoms with Crippen molar-refractivity contribution in [3.05, 3.63) is 23.8 Å². The van der Waals surface area contributed by atoms with Crippen LogP contribution in [0.25, 0.3) is 0 Å². The molecule has 1 aromatic rings. The maximum Gasteiger partial charge on any atom is 0.573 e. The summed E-state index contributed by atoms with van der Waals surface area (Å²) < 4.78 is 39.9. The third-order valence-corrected chi connectivity index (χ3v) is 2.55. The number of halogens is 3. The molecule has 1 amide bonds. The van der Waals surface area contributed by atoms with Crippen molar-refractivity contribution in [1.29, 1.82) is 0 Å². The molecule has 0 aliphatic heterocycles. The molecule has 0 aliphatic rings. The first-order valence-electron chi connectivity index (χ1n) is 5.83. The fraction of sp³-hybridized carbons (Fsp3) is 0.417. The predicted molar refractivity (Wildman–Crippen MR) is 66.2 cm³/mol. The van der Waals surface area contributed by atoms with Crippen LogP contribution in [0, 0.1) is 0 Å². The Hall–Kier alpha value is -1.96. The molecule has 20 heavy (non-hydrogen) atoms. The number of rotatable bonds is 5. The SMILES string of the molecule is CC[C@@H](CO)NC(=O)c1ccc(OC(F)(F)F)c(N)c1. The Morgan fingerprint density at radius 3 is 2.60 bits per heavy atom. The van der Waals surface area contributed by atoms with Crippen molar-refractivity contribution in [2.24, 2.45) is 0 Å². The molecule has 1 rings (SSSR count). The summed E-state index contributed by atoms with van der Waals surface area (Å²) in [5, 5.41) is 11.5. The van der Waals surface area contributed by atoms with E-state index in [-0.39, 0.29) is 17.9 Å². The minimum Gasteiger partial charge on any atom is -0.404 e. The predicted octanol–water partition coefficient (Wildman–Crippen LogP) is 1.67. The Bertz CT molecular complexity index is 474. The normalized spacial score (nSPS) is 12.8. The van der Waals surface area contributed by atoms with E-state index in [0.717, 1.165) is 18.2 Å². The van der Waals surface area contributed by atoms with E-state index in [9.17, 15) is 18.0 Å². The number of nitrogens with two attached hydrogens (primary N) is 1. The van der Waals surface area contributed by atoms with Gasteiger partial charge in [-0.3, -0.25) is 4.79 Å². The van der Waals surface area contributed by atoms with Crippen LogP contribution in [0.4, 0.5) is 18.9 Å². The van der Waals surface area contributed by atoms with Crippen LogP contribution in [0.1, 0.15) is 23.7 Å². The molecule has 112 valence electrons. The summed E-state index contributed by atoms with van der Waals surface area (Å²) in [6.07, 6.45) is -4.32. The summed E-state index contributed by atoms with van der Waals surface area (Å²) in [6.45, 7) is 1.54. The van der Waals surface area contributed by atoms with Gasteiger partial charge in [0.1, 0.15) is 0 Å². The van der Waals surface area contributed by atoms with Gasteiger partial charge in [0.15, 0.2) is 5.75 Å². The summed E-state index contributed by atoms with van der Waals surface area (Å²) in [5.74, 6) is -1.10. The van der Waals surface area contributed by atoms with E-state index < -0.39 is 24.1 Å². The zero-order chi connectivity index (χ0) is 15.3. The number of alkyl halides is 3. The zero-order valence-electron chi connectivity index (χ0n) is 10.7. The second-order valence-corrected chi connectivity index (χ2v) is 4.06. The molecule has 0 aliphatic carbocycles. The number of amides is 1. The first-order chi connectivity index (χ1) is 9.26. The third-order valence-electron chi connectivity index (χ3n) is 2.55. The van der Waals surface area contributed by atoms with Crippen LogP contribution in [-0.2, 0) is 0 Å².